The monoisotopic (exact) mass is 306 g/mol. The second kappa shape index (κ2) is 7.75. The highest BCUT2D eigenvalue weighted by atomic mass is 14.6. The minimum absolute atomic E-state index is 0.749. The van der Waals surface area contributed by atoms with Crippen molar-refractivity contribution in [1.82, 2.24) is 0 Å². The average molecular weight is 306 g/mol. The first-order valence-electron chi connectivity index (χ1n) is 7.33. The van der Waals surface area contributed by atoms with Gasteiger partial charge in [-0.25, -0.2) is 0 Å². The summed E-state index contributed by atoms with van der Waals surface area (Å²) in [4.78, 5) is 0. The molecule has 0 aromatic heterocycles. The summed E-state index contributed by atoms with van der Waals surface area (Å²) < 4.78 is 0. The molecule has 8 N–H and O–H groups in total. The van der Waals surface area contributed by atoms with Crippen LogP contribution in [0.3, 0.4) is 0 Å². The zero-order valence-corrected chi connectivity index (χ0v) is 12.9. The fourth-order valence-corrected chi connectivity index (χ4v) is 2.00. The first kappa shape index (κ1) is 16.2. The molecule has 0 aliphatic carbocycles. The van der Waals surface area contributed by atoms with Crippen molar-refractivity contribution >= 4 is 22.7 Å². The Labute approximate surface area is 136 Å². The largest absolute Gasteiger partial charge is 0.399 e. The molecule has 0 saturated carbocycles. The Morgan fingerprint density at radius 1 is 0.391 bits per heavy atom. The first-order chi connectivity index (χ1) is 11.0. The van der Waals surface area contributed by atoms with Gasteiger partial charge in [0.25, 0.3) is 0 Å². The van der Waals surface area contributed by atoms with Crippen molar-refractivity contribution in [1.29, 1.82) is 0 Å². The van der Waals surface area contributed by atoms with Crippen LogP contribution in [0.5, 0.6) is 0 Å². The smallest absolute Gasteiger partial charge is 0.0315 e. The van der Waals surface area contributed by atoms with Gasteiger partial charge in [0, 0.05) is 22.7 Å². The van der Waals surface area contributed by atoms with Gasteiger partial charge in [-0.05, 0) is 66.1 Å². The highest BCUT2D eigenvalue weighted by Crippen LogP contribution is 2.13. The molecule has 3 aromatic rings. The van der Waals surface area contributed by atoms with E-state index < -0.39 is 0 Å². The number of hydrogen-bond donors (Lipinski definition) is 4. The van der Waals surface area contributed by atoms with Crippen molar-refractivity contribution in [3.8, 4) is 0 Å². The minimum atomic E-state index is 0.749. The van der Waals surface area contributed by atoms with Crippen molar-refractivity contribution in [2.75, 3.05) is 22.9 Å². The van der Waals surface area contributed by atoms with E-state index in [-0.39, 0.29) is 0 Å². The van der Waals surface area contributed by atoms with Gasteiger partial charge in [0.2, 0.25) is 0 Å². The first-order valence-corrected chi connectivity index (χ1v) is 7.33. The fourth-order valence-electron chi connectivity index (χ4n) is 2.00. The van der Waals surface area contributed by atoms with Crippen LogP contribution in [-0.4, -0.2) is 0 Å². The summed E-state index contributed by atoms with van der Waals surface area (Å²) in [6, 6.07) is 23.0. The summed E-state index contributed by atoms with van der Waals surface area (Å²) in [6.07, 6.45) is 0.917. The highest BCUT2D eigenvalue weighted by molar-refractivity contribution is 5.48. The molecule has 0 radical (unpaired) electrons. The fraction of sp³-hybridized carbons (Fsp3) is 0.0526. The molecule has 4 heteroatoms. The van der Waals surface area contributed by atoms with E-state index in [1.54, 1.807) is 24.3 Å². The lowest BCUT2D eigenvalue weighted by atomic mass is 10.0. The van der Waals surface area contributed by atoms with Gasteiger partial charge >= 0.3 is 0 Å². The molecule has 0 saturated heterocycles. The van der Waals surface area contributed by atoms with Gasteiger partial charge in [0.15, 0.2) is 0 Å². The lowest BCUT2D eigenvalue weighted by molar-refractivity contribution is 1.19. The van der Waals surface area contributed by atoms with Crippen LogP contribution in [0.1, 0.15) is 11.1 Å². The molecular weight excluding hydrogens is 284 g/mol. The zero-order valence-electron chi connectivity index (χ0n) is 12.9. The highest BCUT2D eigenvalue weighted by Gasteiger charge is 1.95. The minimum Gasteiger partial charge on any atom is -0.399 e. The maximum atomic E-state index is 5.62. The maximum absolute atomic E-state index is 5.62. The number of anilines is 4. The summed E-state index contributed by atoms with van der Waals surface area (Å²) in [6.45, 7) is 0. The normalized spacial score (nSPS) is 9.74. The lowest BCUT2D eigenvalue weighted by Gasteiger charge is -2.02. The van der Waals surface area contributed by atoms with Gasteiger partial charge in [0.05, 0.1) is 0 Å². The molecule has 0 fully saturated rings. The van der Waals surface area contributed by atoms with Crippen LogP contribution in [0, 0.1) is 0 Å². The van der Waals surface area contributed by atoms with Crippen molar-refractivity contribution < 1.29 is 0 Å². The molecule has 23 heavy (non-hydrogen) atoms. The van der Waals surface area contributed by atoms with Crippen LogP contribution in [0.2, 0.25) is 0 Å². The average Bonchev–Trinajstić information content (AvgIpc) is 2.55. The van der Waals surface area contributed by atoms with Gasteiger partial charge in [0.1, 0.15) is 0 Å². The molecule has 0 aliphatic heterocycles. The van der Waals surface area contributed by atoms with Crippen molar-refractivity contribution in [3.63, 3.8) is 0 Å². The Balaban J connectivity index is 0.000000203. The lowest BCUT2D eigenvalue weighted by Crippen LogP contribution is -1.90. The molecule has 4 nitrogen and oxygen atoms in total. The Hall–Kier alpha value is -3.14. The third-order valence-electron chi connectivity index (χ3n) is 3.30. The van der Waals surface area contributed by atoms with Crippen molar-refractivity contribution in [2.24, 2.45) is 0 Å². The number of benzene rings is 3. The summed E-state index contributed by atoms with van der Waals surface area (Å²) in [5, 5.41) is 0. The third kappa shape index (κ3) is 5.63. The molecule has 3 aromatic carbocycles. The van der Waals surface area contributed by atoms with Gasteiger partial charge in [-0.1, -0.05) is 24.3 Å². The van der Waals surface area contributed by atoms with Crippen LogP contribution >= 0.6 is 0 Å². The van der Waals surface area contributed by atoms with E-state index in [4.69, 9.17) is 22.9 Å². The molecule has 0 aliphatic rings. The predicted octanol–water partition coefficient (Wildman–Crippen LogP) is 3.29. The van der Waals surface area contributed by atoms with E-state index in [0.29, 0.717) is 0 Å². The van der Waals surface area contributed by atoms with Gasteiger partial charge in [-0.15, -0.1) is 0 Å². The Kier molecular flexibility index (Phi) is 5.47. The Morgan fingerprint density at radius 3 is 0.870 bits per heavy atom. The summed E-state index contributed by atoms with van der Waals surface area (Å²) >= 11 is 0. The van der Waals surface area contributed by atoms with Crippen LogP contribution in [0.25, 0.3) is 0 Å². The van der Waals surface area contributed by atoms with Crippen LogP contribution in [0.15, 0.2) is 72.8 Å². The maximum Gasteiger partial charge on any atom is 0.0315 e. The molecule has 0 bridgehead atoms. The van der Waals surface area contributed by atoms with E-state index in [1.807, 2.05) is 48.5 Å². The van der Waals surface area contributed by atoms with Crippen LogP contribution < -0.4 is 22.9 Å². The molecule has 0 heterocycles. The van der Waals surface area contributed by atoms with Gasteiger partial charge < -0.3 is 22.9 Å². The van der Waals surface area contributed by atoms with Crippen molar-refractivity contribution in [3.05, 3.63) is 83.9 Å². The Morgan fingerprint density at radius 2 is 0.609 bits per heavy atom. The Bertz CT molecular complexity index is 652. The topological polar surface area (TPSA) is 104 Å². The molecule has 0 spiro atoms. The third-order valence-corrected chi connectivity index (χ3v) is 3.30. The van der Waals surface area contributed by atoms with E-state index in [1.165, 1.54) is 11.1 Å². The van der Waals surface area contributed by atoms with E-state index >= 15 is 0 Å². The zero-order chi connectivity index (χ0) is 16.7. The summed E-state index contributed by atoms with van der Waals surface area (Å²) in [5.74, 6) is 0. The van der Waals surface area contributed by atoms with E-state index in [2.05, 4.69) is 0 Å². The van der Waals surface area contributed by atoms with Gasteiger partial charge in [-0.2, -0.15) is 0 Å². The molecular formula is C19H22N4. The molecule has 0 amide bonds. The molecule has 0 atom stereocenters. The summed E-state index contributed by atoms with van der Waals surface area (Å²) in [5.41, 5.74) is 27.6. The van der Waals surface area contributed by atoms with Crippen LogP contribution in [0.4, 0.5) is 22.7 Å². The standard InChI is InChI=1S/C13H14N2.C6H8N2/c14-12-5-1-10(2-6-12)9-11-3-7-13(15)8-4-11;7-5-1-2-6(8)4-3-5/h1-8H,9,14-15H2;1-4H,7-8H2. The van der Waals surface area contributed by atoms with Gasteiger partial charge in [-0.3, -0.25) is 0 Å². The predicted molar refractivity (Wildman–Crippen MR) is 99.8 cm³/mol. The number of hydrogen-bond acceptors (Lipinski definition) is 4. The number of rotatable bonds is 2. The quantitative estimate of drug-likeness (QED) is 0.545. The number of nitrogen functional groups attached to an aromatic ring is 4. The number of nitrogens with two attached hydrogens (primary N) is 4. The van der Waals surface area contributed by atoms with E-state index in [0.717, 1.165) is 29.2 Å². The molecule has 118 valence electrons. The molecule has 0 unspecified atom stereocenters. The van der Waals surface area contributed by atoms with Crippen molar-refractivity contribution in [2.45, 2.75) is 6.42 Å². The second-order valence-electron chi connectivity index (χ2n) is 5.33. The van der Waals surface area contributed by atoms with E-state index in [9.17, 15) is 0 Å². The van der Waals surface area contributed by atoms with Crippen LogP contribution in [-0.2, 0) is 6.42 Å². The molecule has 3 rings (SSSR count). The SMILES string of the molecule is Nc1ccc(Cc2ccc(N)cc2)cc1.Nc1ccc(N)cc1. The second-order valence-corrected chi connectivity index (χ2v) is 5.33. The summed E-state index contributed by atoms with van der Waals surface area (Å²) in [7, 11) is 0.